The predicted molar refractivity (Wildman–Crippen MR) is 76.7 cm³/mol. The largest absolute Gasteiger partial charge is 0.366 e. The third-order valence-corrected chi connectivity index (χ3v) is 3.41. The number of nitrogens with two attached hydrogens (primary N) is 1. The summed E-state index contributed by atoms with van der Waals surface area (Å²) < 4.78 is 0. The number of imide groups is 1. The smallest absolute Gasteiger partial charge is 0.329 e. The van der Waals surface area contributed by atoms with Gasteiger partial charge < -0.3 is 11.1 Å². The molecule has 0 saturated heterocycles. The molecular formula is C15H17N3O3. The van der Waals surface area contributed by atoms with E-state index in [1.54, 1.807) is 24.3 Å². The van der Waals surface area contributed by atoms with Crippen molar-refractivity contribution in [3.8, 4) is 0 Å². The van der Waals surface area contributed by atoms with Crippen LogP contribution in [0.2, 0.25) is 0 Å². The first-order valence-corrected chi connectivity index (χ1v) is 6.66. The van der Waals surface area contributed by atoms with E-state index in [4.69, 9.17) is 5.73 Å². The fourth-order valence-corrected chi connectivity index (χ4v) is 2.51. The molecule has 0 bridgehead atoms. The number of hydrogen-bond donors (Lipinski definition) is 2. The van der Waals surface area contributed by atoms with Gasteiger partial charge in [-0.3, -0.25) is 14.5 Å². The Morgan fingerprint density at radius 2 is 1.90 bits per heavy atom. The molecule has 1 heterocycles. The normalized spacial score (nSPS) is 18.5. The molecule has 1 atom stereocenters. The van der Waals surface area contributed by atoms with Crippen molar-refractivity contribution >= 4 is 17.8 Å². The van der Waals surface area contributed by atoms with E-state index in [1.807, 2.05) is 13.0 Å². The highest BCUT2D eigenvalue weighted by Crippen LogP contribution is 2.34. The summed E-state index contributed by atoms with van der Waals surface area (Å²) in [5.41, 5.74) is 6.86. The van der Waals surface area contributed by atoms with Gasteiger partial charge in [0.25, 0.3) is 0 Å². The minimum atomic E-state index is -0.787. The number of nitrogens with one attached hydrogen (secondary N) is 1. The lowest BCUT2D eigenvalue weighted by Crippen LogP contribution is -2.51. The van der Waals surface area contributed by atoms with Gasteiger partial charge in [0.2, 0.25) is 11.8 Å². The minimum Gasteiger partial charge on any atom is -0.366 e. The molecule has 2 rings (SSSR count). The fraction of sp³-hybridized carbons (Fsp3) is 0.267. The van der Waals surface area contributed by atoms with Crippen LogP contribution in [0.1, 0.15) is 31.9 Å². The fourth-order valence-electron chi connectivity index (χ4n) is 2.51. The Morgan fingerprint density at radius 3 is 2.38 bits per heavy atom. The molecule has 0 aliphatic carbocycles. The standard InChI is InChI=1S/C15H17N3O3/c1-3-11-12(14(16)20)13(10-7-5-4-6-8-10)18(9(2)19)15(21)17-11/h4-8,13H,3H2,1-2H3,(H2,16,20)(H,17,21). The Morgan fingerprint density at radius 1 is 1.29 bits per heavy atom. The molecular weight excluding hydrogens is 270 g/mol. The van der Waals surface area contributed by atoms with E-state index in [0.29, 0.717) is 17.7 Å². The number of allylic oxidation sites excluding steroid dienone is 1. The summed E-state index contributed by atoms with van der Waals surface area (Å²) in [6, 6.07) is 7.57. The number of rotatable bonds is 3. The van der Waals surface area contributed by atoms with Crippen LogP contribution in [0, 0.1) is 0 Å². The summed E-state index contributed by atoms with van der Waals surface area (Å²) in [4.78, 5) is 36.9. The highest BCUT2D eigenvalue weighted by atomic mass is 16.2. The number of carbonyl (C=O) groups excluding carboxylic acids is 3. The molecule has 0 fully saturated rings. The van der Waals surface area contributed by atoms with Gasteiger partial charge in [0.15, 0.2) is 0 Å². The molecule has 1 aromatic carbocycles. The van der Waals surface area contributed by atoms with E-state index in [0.717, 1.165) is 4.90 Å². The van der Waals surface area contributed by atoms with Gasteiger partial charge in [-0.2, -0.15) is 0 Å². The number of amides is 4. The lowest BCUT2D eigenvalue weighted by atomic mass is 9.92. The lowest BCUT2D eigenvalue weighted by molar-refractivity contribution is -0.127. The summed E-state index contributed by atoms with van der Waals surface area (Å²) in [7, 11) is 0. The van der Waals surface area contributed by atoms with Gasteiger partial charge in [0, 0.05) is 12.6 Å². The zero-order valence-corrected chi connectivity index (χ0v) is 11.9. The van der Waals surface area contributed by atoms with Crippen molar-refractivity contribution in [3.63, 3.8) is 0 Å². The third kappa shape index (κ3) is 2.65. The highest BCUT2D eigenvalue weighted by molar-refractivity contribution is 6.02. The number of nitrogens with zero attached hydrogens (tertiary/aromatic N) is 1. The maximum absolute atomic E-state index is 12.2. The van der Waals surface area contributed by atoms with Crippen molar-refractivity contribution in [3.05, 3.63) is 47.2 Å². The minimum absolute atomic E-state index is 0.249. The Balaban J connectivity index is 2.67. The van der Waals surface area contributed by atoms with E-state index in [9.17, 15) is 14.4 Å². The Hall–Kier alpha value is -2.63. The van der Waals surface area contributed by atoms with Gasteiger partial charge in [-0.1, -0.05) is 37.3 Å². The summed E-state index contributed by atoms with van der Waals surface area (Å²) in [5.74, 6) is -1.10. The molecule has 6 nitrogen and oxygen atoms in total. The van der Waals surface area contributed by atoms with Crippen LogP contribution < -0.4 is 11.1 Å². The Labute approximate surface area is 122 Å². The first-order valence-electron chi connectivity index (χ1n) is 6.66. The first kappa shape index (κ1) is 14.8. The summed E-state index contributed by atoms with van der Waals surface area (Å²) >= 11 is 0. The van der Waals surface area contributed by atoms with Crippen molar-refractivity contribution in [1.82, 2.24) is 10.2 Å². The first-order chi connectivity index (χ1) is 9.97. The molecule has 1 unspecified atom stereocenters. The van der Waals surface area contributed by atoms with Crippen LogP contribution in [0.5, 0.6) is 0 Å². The second-order valence-electron chi connectivity index (χ2n) is 4.74. The maximum Gasteiger partial charge on any atom is 0.329 e. The second-order valence-corrected chi connectivity index (χ2v) is 4.74. The van der Waals surface area contributed by atoms with Gasteiger partial charge in [0.05, 0.1) is 11.6 Å². The van der Waals surface area contributed by atoms with Crippen molar-refractivity contribution in [1.29, 1.82) is 0 Å². The molecule has 1 aliphatic heterocycles. The molecule has 3 N–H and O–H groups in total. The number of benzene rings is 1. The topological polar surface area (TPSA) is 92.5 Å². The molecule has 1 aliphatic rings. The molecule has 0 saturated carbocycles. The molecule has 6 heteroatoms. The third-order valence-electron chi connectivity index (χ3n) is 3.41. The van der Waals surface area contributed by atoms with Crippen molar-refractivity contribution in [2.45, 2.75) is 26.3 Å². The SMILES string of the molecule is CCC1=C(C(N)=O)C(c2ccccc2)N(C(C)=O)C(=O)N1. The quantitative estimate of drug-likeness (QED) is 0.881. The second kappa shape index (κ2) is 5.78. The number of urea groups is 1. The van der Waals surface area contributed by atoms with Crippen molar-refractivity contribution in [2.75, 3.05) is 0 Å². The lowest BCUT2D eigenvalue weighted by Gasteiger charge is -2.36. The molecule has 1 aromatic rings. The number of carbonyl (C=O) groups is 3. The molecule has 110 valence electrons. The van der Waals surface area contributed by atoms with Crippen molar-refractivity contribution in [2.24, 2.45) is 5.73 Å². The number of hydrogen-bond acceptors (Lipinski definition) is 3. The average Bonchev–Trinajstić information content (AvgIpc) is 2.46. The summed E-state index contributed by atoms with van der Waals surface area (Å²) in [5, 5.41) is 2.57. The van der Waals surface area contributed by atoms with Crippen LogP contribution in [0.25, 0.3) is 0 Å². The van der Waals surface area contributed by atoms with Gasteiger partial charge in [0.1, 0.15) is 0 Å². The average molecular weight is 287 g/mol. The van der Waals surface area contributed by atoms with Gasteiger partial charge in [-0.25, -0.2) is 4.79 Å². The van der Waals surface area contributed by atoms with Crippen LogP contribution in [0.15, 0.2) is 41.6 Å². The monoisotopic (exact) mass is 287 g/mol. The van der Waals surface area contributed by atoms with Crippen molar-refractivity contribution < 1.29 is 14.4 Å². The zero-order chi connectivity index (χ0) is 15.6. The Kier molecular flexibility index (Phi) is 4.07. The molecule has 4 amide bonds. The van der Waals surface area contributed by atoms with Crippen LogP contribution >= 0.6 is 0 Å². The molecule has 21 heavy (non-hydrogen) atoms. The van der Waals surface area contributed by atoms with E-state index in [2.05, 4.69) is 5.32 Å². The van der Waals surface area contributed by atoms with E-state index in [-0.39, 0.29) is 5.57 Å². The van der Waals surface area contributed by atoms with Crippen LogP contribution in [0.4, 0.5) is 4.79 Å². The summed E-state index contributed by atoms with van der Waals surface area (Å²) in [6.07, 6.45) is 0.444. The van der Waals surface area contributed by atoms with E-state index >= 15 is 0 Å². The van der Waals surface area contributed by atoms with E-state index < -0.39 is 23.9 Å². The zero-order valence-electron chi connectivity index (χ0n) is 11.9. The molecule has 0 spiro atoms. The van der Waals surface area contributed by atoms with Crippen LogP contribution in [0.3, 0.4) is 0 Å². The highest BCUT2D eigenvalue weighted by Gasteiger charge is 2.39. The van der Waals surface area contributed by atoms with E-state index in [1.165, 1.54) is 6.92 Å². The predicted octanol–water partition coefficient (Wildman–Crippen LogP) is 1.45. The van der Waals surface area contributed by atoms with Gasteiger partial charge in [-0.15, -0.1) is 0 Å². The summed E-state index contributed by atoms with van der Waals surface area (Å²) in [6.45, 7) is 3.09. The maximum atomic E-state index is 12.2. The van der Waals surface area contributed by atoms with Gasteiger partial charge >= 0.3 is 6.03 Å². The van der Waals surface area contributed by atoms with Crippen LogP contribution in [-0.4, -0.2) is 22.7 Å². The number of primary amides is 1. The Bertz CT molecular complexity index is 622. The van der Waals surface area contributed by atoms with Crippen LogP contribution in [-0.2, 0) is 9.59 Å². The molecule has 0 aromatic heterocycles. The molecule has 0 radical (unpaired) electrons. The van der Waals surface area contributed by atoms with Gasteiger partial charge in [-0.05, 0) is 12.0 Å².